The SMILES string of the molecule is NC1Cc2ccccc2N(CC(=O)N2CCC(O)C2)C1=O. The van der Waals surface area contributed by atoms with Crippen molar-refractivity contribution in [2.75, 3.05) is 24.5 Å². The first kappa shape index (κ1) is 14.0. The number of para-hydroxylation sites is 1. The number of amides is 2. The summed E-state index contributed by atoms with van der Waals surface area (Å²) in [6, 6.07) is 6.92. The number of aliphatic hydroxyl groups excluding tert-OH is 1. The Kier molecular flexibility index (Phi) is 3.65. The molecule has 1 fully saturated rings. The highest BCUT2D eigenvalue weighted by Crippen LogP contribution is 2.27. The molecule has 0 bridgehead atoms. The maximum absolute atomic E-state index is 12.3. The molecule has 6 heteroatoms. The van der Waals surface area contributed by atoms with E-state index in [1.165, 1.54) is 4.90 Å². The highest BCUT2D eigenvalue weighted by molar-refractivity contribution is 6.03. The summed E-state index contributed by atoms with van der Waals surface area (Å²) in [5.41, 5.74) is 7.63. The molecule has 0 radical (unpaired) electrons. The van der Waals surface area contributed by atoms with Gasteiger partial charge in [-0.3, -0.25) is 9.59 Å². The van der Waals surface area contributed by atoms with Gasteiger partial charge in [0.1, 0.15) is 6.54 Å². The summed E-state index contributed by atoms with van der Waals surface area (Å²) >= 11 is 0. The van der Waals surface area contributed by atoms with E-state index in [1.54, 1.807) is 4.90 Å². The standard InChI is InChI=1S/C15H19N3O3/c16-12-7-10-3-1-2-4-13(10)18(15(12)21)9-14(20)17-6-5-11(19)8-17/h1-4,11-12,19H,5-9,16H2. The first-order chi connectivity index (χ1) is 10.1. The van der Waals surface area contributed by atoms with E-state index in [2.05, 4.69) is 0 Å². The van der Waals surface area contributed by atoms with Gasteiger partial charge in [0.15, 0.2) is 0 Å². The van der Waals surface area contributed by atoms with Gasteiger partial charge < -0.3 is 20.6 Å². The summed E-state index contributed by atoms with van der Waals surface area (Å²) in [6.45, 7) is 0.862. The van der Waals surface area contributed by atoms with Crippen molar-refractivity contribution in [3.63, 3.8) is 0 Å². The third kappa shape index (κ3) is 2.64. The Morgan fingerprint density at radius 3 is 2.86 bits per heavy atom. The molecule has 0 aliphatic carbocycles. The first-order valence-electron chi connectivity index (χ1n) is 7.17. The minimum atomic E-state index is -0.600. The Balaban J connectivity index is 1.80. The number of fused-ring (bicyclic) bond motifs is 1. The quantitative estimate of drug-likeness (QED) is 0.768. The normalized spacial score (nSPS) is 25.1. The second-order valence-corrected chi connectivity index (χ2v) is 5.65. The Hall–Kier alpha value is -1.92. The lowest BCUT2D eigenvalue weighted by Crippen LogP contribution is -2.52. The van der Waals surface area contributed by atoms with Crippen LogP contribution < -0.4 is 10.6 Å². The summed E-state index contributed by atoms with van der Waals surface area (Å²) in [4.78, 5) is 27.7. The molecular formula is C15H19N3O3. The fraction of sp³-hybridized carbons (Fsp3) is 0.467. The van der Waals surface area contributed by atoms with Gasteiger partial charge in [0.25, 0.3) is 0 Å². The Morgan fingerprint density at radius 1 is 1.38 bits per heavy atom. The molecule has 2 aliphatic rings. The van der Waals surface area contributed by atoms with Gasteiger partial charge >= 0.3 is 0 Å². The van der Waals surface area contributed by atoms with Crippen LogP contribution in [0.4, 0.5) is 5.69 Å². The van der Waals surface area contributed by atoms with Gasteiger partial charge in [-0.05, 0) is 24.5 Å². The predicted octanol–water partition coefficient (Wildman–Crippen LogP) is -0.504. The number of anilines is 1. The van der Waals surface area contributed by atoms with Gasteiger partial charge in [-0.25, -0.2) is 0 Å². The number of nitrogens with two attached hydrogens (primary N) is 1. The topological polar surface area (TPSA) is 86.9 Å². The van der Waals surface area contributed by atoms with E-state index < -0.39 is 12.1 Å². The summed E-state index contributed by atoms with van der Waals surface area (Å²) in [5.74, 6) is -0.370. The molecular weight excluding hydrogens is 270 g/mol. The molecule has 2 aliphatic heterocycles. The average molecular weight is 289 g/mol. The molecule has 3 N–H and O–H groups in total. The highest BCUT2D eigenvalue weighted by atomic mass is 16.3. The van der Waals surface area contributed by atoms with Crippen LogP contribution in [0.3, 0.4) is 0 Å². The number of likely N-dealkylation sites (tertiary alicyclic amines) is 1. The van der Waals surface area contributed by atoms with E-state index in [0.29, 0.717) is 25.9 Å². The molecule has 112 valence electrons. The fourth-order valence-electron chi connectivity index (χ4n) is 2.96. The van der Waals surface area contributed by atoms with E-state index in [0.717, 1.165) is 11.3 Å². The Labute approximate surface area is 123 Å². The zero-order valence-corrected chi connectivity index (χ0v) is 11.7. The smallest absolute Gasteiger partial charge is 0.244 e. The molecule has 0 aromatic heterocycles. The zero-order valence-electron chi connectivity index (χ0n) is 11.7. The molecule has 3 rings (SSSR count). The van der Waals surface area contributed by atoms with E-state index in [1.807, 2.05) is 24.3 Å². The second-order valence-electron chi connectivity index (χ2n) is 5.65. The zero-order chi connectivity index (χ0) is 15.0. The van der Waals surface area contributed by atoms with Gasteiger partial charge in [-0.2, -0.15) is 0 Å². The summed E-state index contributed by atoms with van der Waals surface area (Å²) in [7, 11) is 0. The van der Waals surface area contributed by atoms with Crippen molar-refractivity contribution in [1.82, 2.24) is 4.90 Å². The highest BCUT2D eigenvalue weighted by Gasteiger charge is 2.33. The van der Waals surface area contributed by atoms with Crippen LogP contribution in [0, 0.1) is 0 Å². The number of nitrogens with zero attached hydrogens (tertiary/aromatic N) is 2. The fourth-order valence-corrected chi connectivity index (χ4v) is 2.96. The van der Waals surface area contributed by atoms with Gasteiger partial charge in [-0.15, -0.1) is 0 Å². The molecule has 1 aromatic rings. The lowest BCUT2D eigenvalue weighted by molar-refractivity contribution is -0.131. The van der Waals surface area contributed by atoms with Gasteiger partial charge in [0.2, 0.25) is 11.8 Å². The van der Waals surface area contributed by atoms with Crippen LogP contribution >= 0.6 is 0 Å². The first-order valence-corrected chi connectivity index (χ1v) is 7.17. The third-order valence-electron chi connectivity index (χ3n) is 4.11. The van der Waals surface area contributed by atoms with E-state index in [-0.39, 0.29) is 18.4 Å². The molecule has 2 heterocycles. The minimum Gasteiger partial charge on any atom is -0.391 e. The maximum atomic E-state index is 12.3. The van der Waals surface area contributed by atoms with Crippen molar-refractivity contribution < 1.29 is 14.7 Å². The molecule has 0 spiro atoms. The lowest BCUT2D eigenvalue weighted by Gasteiger charge is -2.33. The van der Waals surface area contributed by atoms with Crippen LogP contribution in [-0.2, 0) is 16.0 Å². The summed E-state index contributed by atoms with van der Waals surface area (Å²) in [5, 5.41) is 9.51. The van der Waals surface area contributed by atoms with E-state index in [4.69, 9.17) is 5.73 Å². The molecule has 2 amide bonds. The van der Waals surface area contributed by atoms with Crippen LogP contribution in [0.5, 0.6) is 0 Å². The molecule has 1 aromatic carbocycles. The molecule has 21 heavy (non-hydrogen) atoms. The van der Waals surface area contributed by atoms with Gasteiger partial charge in [0.05, 0.1) is 12.1 Å². The number of β-amino-alcohol motifs (C(OH)–C–C–N with tert-alkyl or cyclic N) is 1. The summed E-state index contributed by atoms with van der Waals surface area (Å²) < 4.78 is 0. The monoisotopic (exact) mass is 289 g/mol. The number of aliphatic hydroxyl groups is 1. The molecule has 1 saturated heterocycles. The van der Waals surface area contributed by atoms with Crippen molar-refractivity contribution in [2.24, 2.45) is 5.73 Å². The van der Waals surface area contributed by atoms with E-state index >= 15 is 0 Å². The van der Waals surface area contributed by atoms with Crippen molar-refractivity contribution >= 4 is 17.5 Å². The minimum absolute atomic E-state index is 0.0176. The number of carbonyl (C=O) groups is 2. The van der Waals surface area contributed by atoms with Crippen LogP contribution in [0.15, 0.2) is 24.3 Å². The van der Waals surface area contributed by atoms with Crippen LogP contribution in [0.25, 0.3) is 0 Å². The van der Waals surface area contributed by atoms with E-state index in [9.17, 15) is 14.7 Å². The molecule has 6 nitrogen and oxygen atoms in total. The van der Waals surface area contributed by atoms with Crippen molar-refractivity contribution in [3.05, 3.63) is 29.8 Å². The number of hydrogen-bond donors (Lipinski definition) is 2. The van der Waals surface area contributed by atoms with Crippen LogP contribution in [0.1, 0.15) is 12.0 Å². The number of benzene rings is 1. The van der Waals surface area contributed by atoms with Crippen molar-refractivity contribution in [1.29, 1.82) is 0 Å². The number of carbonyl (C=O) groups excluding carboxylic acids is 2. The van der Waals surface area contributed by atoms with Gasteiger partial charge in [-0.1, -0.05) is 18.2 Å². The molecule has 2 atom stereocenters. The molecule has 2 unspecified atom stereocenters. The van der Waals surface area contributed by atoms with Gasteiger partial charge in [0, 0.05) is 18.8 Å². The maximum Gasteiger partial charge on any atom is 0.244 e. The Morgan fingerprint density at radius 2 is 2.14 bits per heavy atom. The number of rotatable bonds is 2. The lowest BCUT2D eigenvalue weighted by atomic mass is 9.98. The Bertz CT molecular complexity index is 575. The van der Waals surface area contributed by atoms with Crippen molar-refractivity contribution in [3.8, 4) is 0 Å². The second kappa shape index (κ2) is 5.46. The van der Waals surface area contributed by atoms with Crippen LogP contribution in [0.2, 0.25) is 0 Å². The number of hydrogen-bond acceptors (Lipinski definition) is 4. The summed E-state index contributed by atoms with van der Waals surface area (Å²) in [6.07, 6.45) is 0.637. The van der Waals surface area contributed by atoms with Crippen LogP contribution in [-0.4, -0.2) is 53.6 Å². The molecule has 0 saturated carbocycles. The average Bonchev–Trinajstić information content (AvgIpc) is 2.90. The third-order valence-corrected chi connectivity index (χ3v) is 4.11. The van der Waals surface area contributed by atoms with Crippen molar-refractivity contribution in [2.45, 2.75) is 25.0 Å². The largest absolute Gasteiger partial charge is 0.391 e. The predicted molar refractivity (Wildman–Crippen MR) is 77.7 cm³/mol.